The van der Waals surface area contributed by atoms with Crippen molar-refractivity contribution >= 4 is 11.6 Å². The zero-order valence-corrected chi connectivity index (χ0v) is 13.5. The first kappa shape index (κ1) is 16.2. The third kappa shape index (κ3) is 3.02. The van der Waals surface area contributed by atoms with Crippen molar-refractivity contribution in [3.63, 3.8) is 0 Å². The minimum absolute atomic E-state index is 0.342. The van der Waals surface area contributed by atoms with Crippen molar-refractivity contribution in [2.24, 2.45) is 0 Å². The van der Waals surface area contributed by atoms with Crippen LogP contribution < -0.4 is 0 Å². The van der Waals surface area contributed by atoms with Crippen molar-refractivity contribution in [3.05, 3.63) is 101 Å². The molecule has 4 heteroatoms. The number of nitrogens with zero attached hydrogens (tertiary/aromatic N) is 2. The molecule has 0 fully saturated rings. The summed E-state index contributed by atoms with van der Waals surface area (Å²) >= 11 is 6.39. The molecule has 2 nitrogen and oxygen atoms in total. The molecule has 0 saturated heterocycles. The fraction of sp³-hybridized carbons (Fsp3) is 0.100. The maximum atomic E-state index is 13.4. The molecule has 1 unspecified atom stereocenters. The largest absolute Gasteiger partial charge is 0.264 e. The zero-order chi connectivity index (χ0) is 17.0. The molecular weight excluding hydrogens is 323 g/mol. The summed E-state index contributed by atoms with van der Waals surface area (Å²) in [5.41, 5.74) is 1.28. The Hall–Kier alpha value is -2.70. The highest BCUT2D eigenvalue weighted by Crippen LogP contribution is 2.39. The van der Waals surface area contributed by atoms with Gasteiger partial charge in [0.05, 0.1) is 6.07 Å². The topological polar surface area (TPSA) is 36.7 Å². The third-order valence-electron chi connectivity index (χ3n) is 4.05. The number of rotatable bonds is 4. The lowest BCUT2D eigenvalue weighted by atomic mass is 9.71. The predicted octanol–water partition coefficient (Wildman–Crippen LogP) is 4.93. The molecule has 0 aliphatic heterocycles. The number of benzene rings is 2. The first-order valence-corrected chi connectivity index (χ1v) is 7.85. The van der Waals surface area contributed by atoms with Gasteiger partial charge in [0, 0.05) is 23.8 Å². The summed E-state index contributed by atoms with van der Waals surface area (Å²) in [6, 6.07) is 19.4. The molecule has 0 spiro atoms. The van der Waals surface area contributed by atoms with Crippen LogP contribution in [0.25, 0.3) is 0 Å². The van der Waals surface area contributed by atoms with Gasteiger partial charge in [-0.1, -0.05) is 48.0 Å². The van der Waals surface area contributed by atoms with Crippen LogP contribution in [0.4, 0.5) is 4.39 Å². The fourth-order valence-corrected chi connectivity index (χ4v) is 3.16. The van der Waals surface area contributed by atoms with Gasteiger partial charge in [0.1, 0.15) is 11.2 Å². The summed E-state index contributed by atoms with van der Waals surface area (Å²) in [6.45, 7) is 0. The van der Waals surface area contributed by atoms with E-state index < -0.39 is 5.41 Å². The lowest BCUT2D eigenvalue weighted by Gasteiger charge is -2.29. The Kier molecular flexibility index (Phi) is 4.59. The monoisotopic (exact) mass is 336 g/mol. The van der Waals surface area contributed by atoms with Crippen molar-refractivity contribution in [3.8, 4) is 6.07 Å². The van der Waals surface area contributed by atoms with Crippen LogP contribution in [-0.2, 0) is 11.8 Å². The van der Waals surface area contributed by atoms with Crippen LogP contribution in [0.15, 0.2) is 73.1 Å². The van der Waals surface area contributed by atoms with Gasteiger partial charge in [-0.2, -0.15) is 5.26 Å². The van der Waals surface area contributed by atoms with E-state index in [9.17, 15) is 9.65 Å². The lowest BCUT2D eigenvalue weighted by Crippen LogP contribution is -2.29. The quantitative estimate of drug-likeness (QED) is 0.677. The molecule has 0 bridgehead atoms. The van der Waals surface area contributed by atoms with E-state index >= 15 is 0 Å². The van der Waals surface area contributed by atoms with Crippen molar-refractivity contribution in [1.82, 2.24) is 4.98 Å². The molecule has 0 aliphatic rings. The van der Waals surface area contributed by atoms with Crippen LogP contribution in [-0.4, -0.2) is 4.98 Å². The van der Waals surface area contributed by atoms with Crippen LogP contribution in [0, 0.1) is 17.1 Å². The van der Waals surface area contributed by atoms with E-state index in [1.54, 1.807) is 30.6 Å². The van der Waals surface area contributed by atoms with Crippen molar-refractivity contribution in [1.29, 1.82) is 5.26 Å². The van der Waals surface area contributed by atoms with Crippen LogP contribution >= 0.6 is 11.6 Å². The Bertz CT molecular complexity index is 872. The first-order valence-electron chi connectivity index (χ1n) is 7.47. The molecule has 0 aliphatic carbocycles. The van der Waals surface area contributed by atoms with Gasteiger partial charge in [0.15, 0.2) is 0 Å². The zero-order valence-electron chi connectivity index (χ0n) is 12.8. The summed E-state index contributed by atoms with van der Waals surface area (Å²) in [5, 5.41) is 10.6. The average molecular weight is 337 g/mol. The Morgan fingerprint density at radius 1 is 1.04 bits per heavy atom. The highest BCUT2D eigenvalue weighted by molar-refractivity contribution is 6.31. The minimum atomic E-state index is -1.02. The lowest BCUT2D eigenvalue weighted by molar-refractivity contribution is 0.617. The number of aromatic nitrogens is 1. The van der Waals surface area contributed by atoms with E-state index in [-0.39, 0.29) is 5.82 Å². The molecule has 3 aromatic rings. The number of hydrogen-bond donors (Lipinski definition) is 0. The van der Waals surface area contributed by atoms with Gasteiger partial charge in [0.2, 0.25) is 0 Å². The second kappa shape index (κ2) is 6.82. The molecule has 24 heavy (non-hydrogen) atoms. The Morgan fingerprint density at radius 3 is 2.42 bits per heavy atom. The first-order chi connectivity index (χ1) is 11.7. The third-order valence-corrected chi connectivity index (χ3v) is 4.38. The normalized spacial score (nSPS) is 13.0. The van der Waals surface area contributed by atoms with E-state index in [0.717, 1.165) is 5.56 Å². The maximum absolute atomic E-state index is 13.4. The molecule has 118 valence electrons. The van der Waals surface area contributed by atoms with E-state index in [0.29, 0.717) is 22.6 Å². The highest BCUT2D eigenvalue weighted by Gasteiger charge is 2.36. The van der Waals surface area contributed by atoms with Gasteiger partial charge in [-0.25, -0.2) is 4.39 Å². The molecule has 0 saturated carbocycles. The summed E-state index contributed by atoms with van der Waals surface area (Å²) in [7, 11) is 0. The van der Waals surface area contributed by atoms with Crippen molar-refractivity contribution < 1.29 is 4.39 Å². The molecule has 1 aromatic heterocycles. The Morgan fingerprint density at radius 2 is 1.79 bits per heavy atom. The second-order valence-corrected chi connectivity index (χ2v) is 5.95. The summed E-state index contributed by atoms with van der Waals surface area (Å²) in [4.78, 5) is 4.12. The van der Waals surface area contributed by atoms with Gasteiger partial charge >= 0.3 is 0 Å². The number of halogens is 2. The van der Waals surface area contributed by atoms with Gasteiger partial charge in [0.25, 0.3) is 0 Å². The molecule has 0 radical (unpaired) electrons. The molecule has 2 aromatic carbocycles. The molecule has 3 rings (SSSR count). The summed E-state index contributed by atoms with van der Waals surface area (Å²) in [6.07, 6.45) is 3.81. The fourth-order valence-electron chi connectivity index (χ4n) is 2.87. The van der Waals surface area contributed by atoms with Crippen molar-refractivity contribution in [2.75, 3.05) is 0 Å². The minimum Gasteiger partial charge on any atom is -0.264 e. The number of hydrogen-bond acceptors (Lipinski definition) is 2. The smallest absolute Gasteiger partial charge is 0.123 e. The molecule has 0 amide bonds. The second-order valence-electron chi connectivity index (χ2n) is 5.54. The van der Waals surface area contributed by atoms with Gasteiger partial charge in [-0.3, -0.25) is 4.98 Å². The van der Waals surface area contributed by atoms with E-state index in [2.05, 4.69) is 11.1 Å². The molecule has 1 atom stereocenters. The summed E-state index contributed by atoms with van der Waals surface area (Å²) < 4.78 is 13.4. The van der Waals surface area contributed by atoms with E-state index in [1.807, 2.05) is 30.3 Å². The van der Waals surface area contributed by atoms with Crippen LogP contribution in [0.1, 0.15) is 16.7 Å². The highest BCUT2D eigenvalue weighted by atomic mass is 35.5. The van der Waals surface area contributed by atoms with Crippen molar-refractivity contribution in [2.45, 2.75) is 11.8 Å². The molecular formula is C20H14ClFN2. The van der Waals surface area contributed by atoms with E-state index in [4.69, 9.17) is 11.6 Å². The molecule has 0 N–H and O–H groups in total. The molecule has 1 heterocycles. The van der Waals surface area contributed by atoms with Gasteiger partial charge in [-0.05, 0) is 41.0 Å². The standard InChI is InChI=1S/C20H14ClFN2/c21-19-6-2-1-5-18(19)20(14-23,12-15-4-3-11-24-13-15)16-7-9-17(22)10-8-16/h1-11,13H,12H2. The number of pyridine rings is 1. The Labute approximate surface area is 145 Å². The average Bonchev–Trinajstić information content (AvgIpc) is 2.62. The SMILES string of the molecule is N#CC(Cc1cccnc1)(c1ccc(F)cc1)c1ccccc1Cl. The van der Waals surface area contributed by atoms with Crippen LogP contribution in [0.2, 0.25) is 5.02 Å². The van der Waals surface area contributed by atoms with E-state index in [1.165, 1.54) is 12.1 Å². The maximum Gasteiger partial charge on any atom is 0.123 e. The number of nitriles is 1. The predicted molar refractivity (Wildman–Crippen MR) is 92.2 cm³/mol. The van der Waals surface area contributed by atoms with Crippen LogP contribution in [0.3, 0.4) is 0 Å². The van der Waals surface area contributed by atoms with Gasteiger partial charge in [-0.15, -0.1) is 0 Å². The van der Waals surface area contributed by atoms with Crippen LogP contribution in [0.5, 0.6) is 0 Å². The van der Waals surface area contributed by atoms with Gasteiger partial charge < -0.3 is 0 Å². The Balaban J connectivity index is 2.21. The summed E-state index contributed by atoms with van der Waals surface area (Å²) in [5.74, 6) is -0.342.